The number of amides is 4. The highest BCUT2D eigenvalue weighted by Gasteiger charge is 2.24. The van der Waals surface area contributed by atoms with Crippen LogP contribution in [0.4, 0.5) is 22.7 Å². The van der Waals surface area contributed by atoms with E-state index in [1.54, 1.807) is 135 Å². The molecule has 30 nitrogen and oxygen atoms in total. The van der Waals surface area contributed by atoms with Gasteiger partial charge in [-0.15, -0.1) is 47.0 Å². The number of pyridine rings is 1. The molecule has 0 aliphatic carbocycles. The highest BCUT2D eigenvalue weighted by atomic mass is 32.2. The molecule has 7 aromatic carbocycles. The molecular weight excluding hydrogens is 1620 g/mol. The maximum atomic E-state index is 13.2. The van der Waals surface area contributed by atoms with Crippen LogP contribution >= 0.6 is 47.0 Å². The van der Waals surface area contributed by atoms with E-state index in [0.717, 1.165) is 114 Å². The van der Waals surface area contributed by atoms with Crippen LogP contribution in [-0.2, 0) is 33.8 Å². The van der Waals surface area contributed by atoms with E-state index in [0.29, 0.717) is 73.8 Å². The number of aromatic amines is 6. The first-order valence-corrected chi connectivity index (χ1v) is 42.1. The van der Waals surface area contributed by atoms with Crippen LogP contribution in [0.1, 0.15) is 122 Å². The van der Waals surface area contributed by atoms with Crippen molar-refractivity contribution in [2.75, 3.05) is 28.4 Å². The molecule has 0 spiro atoms. The van der Waals surface area contributed by atoms with Crippen molar-refractivity contribution < 1.29 is 28.3 Å². The number of ether oxygens (including phenoxy) is 1. The number of hydrogen-bond acceptors (Lipinski definition) is 24. The monoisotopic (exact) mass is 1700 g/mol. The fourth-order valence-corrected chi connectivity index (χ4v) is 16.1. The first-order chi connectivity index (χ1) is 59.1. The van der Waals surface area contributed by atoms with Crippen LogP contribution in [-0.4, -0.2) is 126 Å². The Morgan fingerprint density at radius 1 is 0.426 bits per heavy atom. The van der Waals surface area contributed by atoms with Crippen LogP contribution in [0.15, 0.2) is 256 Å². The van der Waals surface area contributed by atoms with E-state index in [2.05, 4.69) is 164 Å². The number of fused-ring (bicyclic) bond motifs is 6. The number of aromatic nitrogens is 19. The second-order valence-corrected chi connectivity index (χ2v) is 33.7. The van der Waals surface area contributed by atoms with Gasteiger partial charge in [-0.05, 0) is 166 Å². The molecule has 34 heteroatoms. The van der Waals surface area contributed by atoms with Gasteiger partial charge < -0.3 is 40.4 Å². The Labute approximate surface area is 713 Å². The van der Waals surface area contributed by atoms with Gasteiger partial charge in [0.05, 0.1) is 70.8 Å². The van der Waals surface area contributed by atoms with Crippen molar-refractivity contribution >= 4 is 160 Å². The number of benzene rings is 7. The molecule has 122 heavy (non-hydrogen) atoms. The van der Waals surface area contributed by atoms with Gasteiger partial charge in [0.15, 0.2) is 28.3 Å². The van der Waals surface area contributed by atoms with Crippen LogP contribution in [0, 0.1) is 6.92 Å². The third-order valence-corrected chi connectivity index (χ3v) is 23.3. The number of rotatable bonds is 21. The number of hydrogen-bond donors (Lipinski definition) is 10. The zero-order chi connectivity index (χ0) is 84.9. The normalized spacial score (nSPS) is 11.4. The number of methoxy groups -OCH3 is 1. The fraction of sp³-hybridized carbons (Fsp3) is 0.159. The zero-order valence-corrected chi connectivity index (χ0v) is 70.3. The van der Waals surface area contributed by atoms with Gasteiger partial charge in [0.1, 0.15) is 62.3 Å². The van der Waals surface area contributed by atoms with E-state index in [9.17, 15) is 24.0 Å². The van der Waals surface area contributed by atoms with Crippen molar-refractivity contribution in [1.29, 1.82) is 0 Å². The van der Waals surface area contributed by atoms with E-state index in [4.69, 9.17) is 9.15 Å². The molecule has 0 radical (unpaired) electrons. The Hall–Kier alpha value is -14.2. The maximum Gasteiger partial charge on any atom is 0.291 e. The van der Waals surface area contributed by atoms with E-state index in [1.807, 2.05) is 115 Å². The minimum atomic E-state index is -0.443. The number of carbonyl (C=O) groups is 4. The van der Waals surface area contributed by atoms with Crippen molar-refractivity contribution in [2.24, 2.45) is 0 Å². The summed E-state index contributed by atoms with van der Waals surface area (Å²) in [6, 6.07) is 52.9. The summed E-state index contributed by atoms with van der Waals surface area (Å²) < 4.78 is 10.9. The number of imidazole rings is 1. The molecule has 18 aromatic rings. The van der Waals surface area contributed by atoms with Crippen LogP contribution in [0.2, 0.25) is 0 Å². The summed E-state index contributed by atoms with van der Waals surface area (Å²) >= 11 is 6.36. The van der Waals surface area contributed by atoms with Crippen molar-refractivity contribution in [2.45, 2.75) is 102 Å². The SMILES string of the molecule is CC(C)(C)c1cc(C(=O)Nc2cccc(CSc3ncnc4[nH]ncc34)c2)cc(C(C)(C)C)c1.COc1ccc2oc(C(=O)Nc3cccc(CSc4ncnc5[nH]ncc45)c3)cc2c1.Cc1ccc(C(=O)Nc2cccc(CSc3ncnc4[nH]ncc34)c2)c(=O)[nH]1.O=C(Nc1cccc(CSc2ncnc3[nH]ncc23)c1)c1ccc2nc[nH]c2c1. The van der Waals surface area contributed by atoms with E-state index in [-0.39, 0.29) is 39.9 Å². The second kappa shape index (κ2) is 37.4. The smallest absolute Gasteiger partial charge is 0.291 e. The lowest BCUT2D eigenvalue weighted by Gasteiger charge is -2.26. The molecule has 0 unspecified atom stereocenters. The highest BCUT2D eigenvalue weighted by molar-refractivity contribution is 7.99. The van der Waals surface area contributed by atoms with Gasteiger partial charge >= 0.3 is 0 Å². The Bertz CT molecular complexity index is 6870. The first kappa shape index (κ1) is 82.9. The summed E-state index contributed by atoms with van der Waals surface area (Å²) in [7, 11) is 1.60. The predicted octanol–water partition coefficient (Wildman–Crippen LogP) is 17.8. The maximum absolute atomic E-state index is 13.2. The molecule has 0 saturated carbocycles. The van der Waals surface area contributed by atoms with Crippen molar-refractivity contribution in [3.8, 4) is 5.75 Å². The molecule has 11 aromatic heterocycles. The molecule has 0 aliphatic rings. The number of H-pyrrole nitrogens is 6. The Morgan fingerprint density at radius 2 is 0.844 bits per heavy atom. The Morgan fingerprint density at radius 3 is 1.26 bits per heavy atom. The van der Waals surface area contributed by atoms with E-state index >= 15 is 0 Å². The zero-order valence-electron chi connectivity index (χ0n) is 67.0. The van der Waals surface area contributed by atoms with Gasteiger partial charge in [-0.3, -0.25) is 44.4 Å². The topological polar surface area (TPSA) is 418 Å². The summed E-state index contributed by atoms with van der Waals surface area (Å²) in [5, 5.41) is 47.0. The highest BCUT2D eigenvalue weighted by Crippen LogP contribution is 2.35. The van der Waals surface area contributed by atoms with Gasteiger partial charge in [0, 0.05) is 68.0 Å². The quantitative estimate of drug-likeness (QED) is 0.0236. The van der Waals surface area contributed by atoms with Crippen LogP contribution in [0.25, 0.3) is 66.1 Å². The lowest BCUT2D eigenvalue weighted by Crippen LogP contribution is -2.23. The number of carbonyl (C=O) groups excluding carboxylic acids is 4. The number of aryl methyl sites for hydroxylation is 1. The molecule has 0 fully saturated rings. The summed E-state index contributed by atoms with van der Waals surface area (Å²) in [5.41, 5.74) is 16.1. The van der Waals surface area contributed by atoms with E-state index in [1.165, 1.54) is 31.4 Å². The summed E-state index contributed by atoms with van der Waals surface area (Å²) in [5.74, 6) is 2.71. The summed E-state index contributed by atoms with van der Waals surface area (Å²) in [4.78, 5) is 107. The average molecular weight is 1700 g/mol. The van der Waals surface area contributed by atoms with Gasteiger partial charge in [0.2, 0.25) is 0 Å². The number of furan rings is 1. The standard InChI is InChI=1S/C27H31N5OS.C22H17N5O3S.C20H15N7OS.C19H16N6O2S/c1-26(2,3)19-11-18(12-20(13-19)27(4,5)6)24(33)31-21-9-7-8-17(10-21)15-34-25-22-14-30-32-23(22)28-16-29-25;1-29-16-5-6-18-14(8-16)9-19(30-18)21(28)26-15-4-2-3-13(7-15)11-31-22-17-10-25-27-20(17)23-12-24-22;28-19(13-4-5-16-17(7-13)22-10-21-16)26-14-3-1-2-12(6-14)9-29-20-15-8-25-27-18(15)23-11-24-20;1-11-5-6-14(17(26)23-11)18(27)24-13-4-2-3-12(7-13)9-28-19-15-8-22-25-16(15)20-10-21-19/h7-14,16H,15H2,1-6H3,(H,31,33)(H,28,29,30,32);2-10,12H,11H2,1H3,(H,26,28)(H,23,24,25,27);1-8,10-11H,9H2,(H,21,22)(H,26,28)(H,23,24,25,27);2-8,10H,9H2,1H3,(H,23,26)(H,24,27)(H,20,21,22,25). The Kier molecular flexibility index (Phi) is 25.4. The number of thioether (sulfide) groups is 4. The van der Waals surface area contributed by atoms with Crippen molar-refractivity contribution in [3.63, 3.8) is 0 Å². The fourth-order valence-electron chi connectivity index (χ4n) is 12.5. The lowest BCUT2D eigenvalue weighted by atomic mass is 9.79. The third kappa shape index (κ3) is 20.7. The Balaban J connectivity index is 0.000000127. The van der Waals surface area contributed by atoms with Crippen LogP contribution in [0.5, 0.6) is 5.75 Å². The lowest BCUT2D eigenvalue weighted by molar-refractivity contribution is 0.0994. The first-order valence-electron chi connectivity index (χ1n) is 38.1. The summed E-state index contributed by atoms with van der Waals surface area (Å²) in [6.07, 6.45) is 14.6. The molecule has 18 rings (SSSR count). The molecule has 0 atom stereocenters. The molecule has 0 aliphatic heterocycles. The van der Waals surface area contributed by atoms with Crippen molar-refractivity contribution in [1.82, 2.24) is 95.6 Å². The van der Waals surface area contributed by atoms with Gasteiger partial charge in [0.25, 0.3) is 29.2 Å². The van der Waals surface area contributed by atoms with Crippen LogP contribution in [0.3, 0.4) is 0 Å². The molecule has 10 N–H and O–H groups in total. The number of nitrogens with zero attached hydrogens (tertiary/aromatic N) is 13. The number of nitrogens with one attached hydrogen (secondary N) is 10. The predicted molar refractivity (Wildman–Crippen MR) is 477 cm³/mol. The molecule has 4 amide bonds. The van der Waals surface area contributed by atoms with Crippen LogP contribution < -0.4 is 31.6 Å². The minimum Gasteiger partial charge on any atom is -0.497 e. The summed E-state index contributed by atoms with van der Waals surface area (Å²) in [6.45, 7) is 14.8. The van der Waals surface area contributed by atoms with Gasteiger partial charge in [-0.1, -0.05) is 96.1 Å². The molecule has 11 heterocycles. The molecule has 0 bridgehead atoms. The van der Waals surface area contributed by atoms with E-state index < -0.39 is 11.5 Å². The van der Waals surface area contributed by atoms with Crippen molar-refractivity contribution in [3.05, 3.63) is 298 Å². The molecule has 612 valence electrons. The number of anilines is 4. The largest absolute Gasteiger partial charge is 0.497 e. The average Bonchev–Trinajstić information content (AvgIpc) is 0.828. The van der Waals surface area contributed by atoms with Gasteiger partial charge in [-0.2, -0.15) is 20.4 Å². The molecule has 0 saturated heterocycles. The molecular formula is C88H79N23O7S4. The second-order valence-electron chi connectivity index (χ2n) is 29.8. The third-order valence-electron chi connectivity index (χ3n) is 18.9. The van der Waals surface area contributed by atoms with Gasteiger partial charge in [-0.25, -0.2) is 44.9 Å². The minimum absolute atomic E-state index is 0.0468.